The molecule has 2 aliphatic heterocycles. The van der Waals surface area contributed by atoms with Gasteiger partial charge < -0.3 is 35.4 Å². The van der Waals surface area contributed by atoms with Gasteiger partial charge in [-0.25, -0.2) is 4.79 Å². The molecule has 10 nitrogen and oxygen atoms in total. The van der Waals surface area contributed by atoms with Gasteiger partial charge in [0.05, 0.1) is 12.2 Å². The lowest BCUT2D eigenvalue weighted by Gasteiger charge is -2.39. The first-order valence-corrected chi connectivity index (χ1v) is 13.5. The molecule has 1 amide bonds. The zero-order valence-corrected chi connectivity index (χ0v) is 22.4. The van der Waals surface area contributed by atoms with Crippen molar-refractivity contribution in [1.82, 2.24) is 4.90 Å². The van der Waals surface area contributed by atoms with Crippen LogP contribution in [0.4, 0.5) is 0 Å². The van der Waals surface area contributed by atoms with E-state index >= 15 is 0 Å². The summed E-state index contributed by atoms with van der Waals surface area (Å²) in [4.78, 5) is 40.0. The van der Waals surface area contributed by atoms with Crippen molar-refractivity contribution in [1.29, 1.82) is 0 Å². The average molecular weight is 515 g/mol. The summed E-state index contributed by atoms with van der Waals surface area (Å²) < 4.78 is 11.0. The Bertz CT molecular complexity index is 764. The highest BCUT2D eigenvalue weighted by molar-refractivity contribution is 6.39. The number of nitrogens with zero attached hydrogens (tertiary/aromatic N) is 1. The van der Waals surface area contributed by atoms with Crippen molar-refractivity contribution in [2.75, 3.05) is 6.54 Å². The number of carbonyl (C=O) groups excluding carboxylic acids is 3. The fourth-order valence-electron chi connectivity index (χ4n) is 5.36. The van der Waals surface area contributed by atoms with Crippen LogP contribution < -0.4 is 5.73 Å². The molecule has 3 rings (SSSR count). The Morgan fingerprint density at radius 2 is 1.75 bits per heavy atom. The van der Waals surface area contributed by atoms with Gasteiger partial charge in [-0.2, -0.15) is 0 Å². The first-order valence-electron chi connectivity index (χ1n) is 13.5. The van der Waals surface area contributed by atoms with Gasteiger partial charge >= 0.3 is 5.97 Å². The third kappa shape index (κ3) is 7.04. The molecular formula is C26H46N2O8. The number of ether oxygens (including phenoxy) is 2. The fraction of sp³-hybridized carbons (Fsp3) is 0.885. The lowest BCUT2D eigenvalue weighted by Crippen LogP contribution is -2.60. The molecule has 0 radical (unpaired) electrons. The van der Waals surface area contributed by atoms with Crippen LogP contribution in [0.1, 0.15) is 86.0 Å². The molecule has 36 heavy (non-hydrogen) atoms. The third-order valence-electron chi connectivity index (χ3n) is 7.89. The molecule has 0 aromatic heterocycles. The van der Waals surface area contributed by atoms with Crippen LogP contribution >= 0.6 is 0 Å². The van der Waals surface area contributed by atoms with Gasteiger partial charge in [-0.05, 0) is 70.1 Å². The van der Waals surface area contributed by atoms with E-state index in [1.807, 2.05) is 20.8 Å². The van der Waals surface area contributed by atoms with Crippen LogP contribution in [0, 0.1) is 17.8 Å². The summed E-state index contributed by atoms with van der Waals surface area (Å²) in [7, 11) is 0. The van der Waals surface area contributed by atoms with Crippen molar-refractivity contribution in [2.45, 2.75) is 122 Å². The lowest BCUT2D eigenvalue weighted by atomic mass is 9.79. The quantitative estimate of drug-likeness (QED) is 0.291. The van der Waals surface area contributed by atoms with Crippen molar-refractivity contribution in [2.24, 2.45) is 23.5 Å². The normalized spacial score (nSPS) is 36.3. The van der Waals surface area contributed by atoms with E-state index < -0.39 is 59.9 Å². The van der Waals surface area contributed by atoms with Crippen molar-refractivity contribution in [3.05, 3.63) is 0 Å². The predicted molar refractivity (Wildman–Crippen MR) is 132 cm³/mol. The topological polar surface area (TPSA) is 160 Å². The van der Waals surface area contributed by atoms with Crippen molar-refractivity contribution in [3.63, 3.8) is 0 Å². The standard InChI is InChI=1S/C24H40N2O8.C2H6/c1-13(11-16-7-8-18(27)19(28)12-16)15(3)33-23(31)17-5-4-10-26(17)22(30)21(29)24(32)14(2)6-9-20(25)34-24;1-2/h13-20,27-28,32H,4-12,25H2,1-3H3;1-2H3. The van der Waals surface area contributed by atoms with E-state index in [4.69, 9.17) is 15.2 Å². The Labute approximate surface area is 214 Å². The molecule has 9 unspecified atom stereocenters. The molecule has 1 saturated carbocycles. The average Bonchev–Trinajstić information content (AvgIpc) is 3.34. The molecule has 2 saturated heterocycles. The fourth-order valence-corrected chi connectivity index (χ4v) is 5.36. The van der Waals surface area contributed by atoms with Gasteiger partial charge in [-0.1, -0.05) is 27.7 Å². The van der Waals surface area contributed by atoms with Crippen LogP contribution in [0.5, 0.6) is 0 Å². The van der Waals surface area contributed by atoms with Crippen molar-refractivity contribution < 1.29 is 39.2 Å². The molecule has 10 heteroatoms. The molecule has 1 aliphatic carbocycles. The minimum Gasteiger partial charge on any atom is -0.461 e. The van der Waals surface area contributed by atoms with Gasteiger partial charge in [-0.15, -0.1) is 0 Å². The SMILES string of the molecule is CC.CC(CC1CCC(O)C(O)C1)C(C)OC(=O)C1CCCN1C(=O)C(=O)C1(O)OC(N)CCC1C. The van der Waals surface area contributed by atoms with Crippen LogP contribution in [-0.4, -0.2) is 80.8 Å². The van der Waals surface area contributed by atoms with E-state index in [1.165, 1.54) is 4.90 Å². The minimum absolute atomic E-state index is 0.0160. The smallest absolute Gasteiger partial charge is 0.329 e. The van der Waals surface area contributed by atoms with Gasteiger partial charge in [-0.3, -0.25) is 9.59 Å². The zero-order valence-electron chi connectivity index (χ0n) is 22.4. The molecular weight excluding hydrogens is 468 g/mol. The second-order valence-electron chi connectivity index (χ2n) is 10.5. The summed E-state index contributed by atoms with van der Waals surface area (Å²) in [5.74, 6) is -5.28. The maximum atomic E-state index is 13.0. The van der Waals surface area contributed by atoms with E-state index in [9.17, 15) is 29.7 Å². The first kappa shape index (κ1) is 30.6. The third-order valence-corrected chi connectivity index (χ3v) is 7.89. The molecule has 9 atom stereocenters. The van der Waals surface area contributed by atoms with Crippen molar-refractivity contribution >= 4 is 17.7 Å². The molecule has 0 bridgehead atoms. The number of hydrogen-bond donors (Lipinski definition) is 4. The maximum absolute atomic E-state index is 13.0. The van der Waals surface area contributed by atoms with Crippen LogP contribution in [-0.2, 0) is 23.9 Å². The highest BCUT2D eigenvalue weighted by atomic mass is 16.6. The summed E-state index contributed by atoms with van der Waals surface area (Å²) in [5.41, 5.74) is 5.74. The van der Waals surface area contributed by atoms with E-state index in [-0.39, 0.29) is 18.4 Å². The largest absolute Gasteiger partial charge is 0.461 e. The Morgan fingerprint density at radius 1 is 1.08 bits per heavy atom. The minimum atomic E-state index is -2.30. The number of esters is 1. The molecule has 2 heterocycles. The summed E-state index contributed by atoms with van der Waals surface area (Å²) >= 11 is 0. The van der Waals surface area contributed by atoms with Crippen LogP contribution in [0.2, 0.25) is 0 Å². The highest BCUT2D eigenvalue weighted by Crippen LogP contribution is 2.34. The van der Waals surface area contributed by atoms with Crippen molar-refractivity contribution in [3.8, 4) is 0 Å². The Morgan fingerprint density at radius 3 is 2.39 bits per heavy atom. The monoisotopic (exact) mass is 514 g/mol. The number of nitrogens with two attached hydrogens (primary N) is 1. The number of aliphatic hydroxyl groups excluding tert-OH is 2. The Balaban J connectivity index is 0.00000222. The Hall–Kier alpha value is -1.59. The summed E-state index contributed by atoms with van der Waals surface area (Å²) in [5, 5.41) is 30.4. The van der Waals surface area contributed by atoms with Gasteiger partial charge in [0.2, 0.25) is 5.79 Å². The predicted octanol–water partition coefficient (Wildman–Crippen LogP) is 1.47. The number of ketones is 1. The first-order chi connectivity index (χ1) is 16.9. The number of amides is 1. The lowest BCUT2D eigenvalue weighted by molar-refractivity contribution is -0.261. The number of likely N-dealkylation sites (tertiary alicyclic amines) is 1. The van der Waals surface area contributed by atoms with E-state index in [0.29, 0.717) is 38.5 Å². The molecule has 3 aliphatic rings. The number of Topliss-reactive ketones (excluding diaryl/α,β-unsaturated/α-hetero) is 1. The molecule has 3 fully saturated rings. The van der Waals surface area contributed by atoms with E-state index in [1.54, 1.807) is 13.8 Å². The maximum Gasteiger partial charge on any atom is 0.329 e. The van der Waals surface area contributed by atoms with Gasteiger partial charge in [0.15, 0.2) is 0 Å². The molecule has 208 valence electrons. The van der Waals surface area contributed by atoms with Gasteiger partial charge in [0.25, 0.3) is 11.7 Å². The van der Waals surface area contributed by atoms with Crippen LogP contribution in [0.3, 0.4) is 0 Å². The molecule has 5 N–H and O–H groups in total. The number of carbonyl (C=O) groups is 3. The van der Waals surface area contributed by atoms with E-state index in [2.05, 4.69) is 0 Å². The van der Waals surface area contributed by atoms with Gasteiger partial charge in [0.1, 0.15) is 18.4 Å². The van der Waals surface area contributed by atoms with Crippen LogP contribution in [0.25, 0.3) is 0 Å². The second kappa shape index (κ2) is 13.3. The summed E-state index contributed by atoms with van der Waals surface area (Å²) in [6.45, 7) is 9.61. The van der Waals surface area contributed by atoms with Gasteiger partial charge in [0, 0.05) is 12.5 Å². The number of hydrogen-bond acceptors (Lipinski definition) is 9. The Kier molecular flexibility index (Phi) is 11.3. The number of rotatable bonds is 7. The van der Waals surface area contributed by atoms with Crippen LogP contribution in [0.15, 0.2) is 0 Å². The molecule has 0 spiro atoms. The summed E-state index contributed by atoms with van der Waals surface area (Å²) in [6, 6.07) is -0.895. The number of aliphatic hydroxyl groups is 3. The highest BCUT2D eigenvalue weighted by Gasteiger charge is 2.52. The zero-order chi connectivity index (χ0) is 27.2. The van der Waals surface area contributed by atoms with E-state index in [0.717, 1.165) is 12.8 Å². The summed E-state index contributed by atoms with van der Waals surface area (Å²) in [6.07, 6.45) is 1.79. The molecule has 0 aromatic carbocycles. The molecule has 0 aromatic rings. The second-order valence-corrected chi connectivity index (χ2v) is 10.5.